The first-order chi connectivity index (χ1) is 13.1. The van der Waals surface area contributed by atoms with E-state index in [1.54, 1.807) is 6.26 Å². The summed E-state index contributed by atoms with van der Waals surface area (Å²) in [6.45, 7) is 1.07. The van der Waals surface area contributed by atoms with Crippen molar-refractivity contribution >= 4 is 39.8 Å². The Morgan fingerprint density at radius 2 is 2.00 bits per heavy atom. The van der Waals surface area contributed by atoms with E-state index in [1.165, 1.54) is 23.1 Å². The highest BCUT2D eigenvalue weighted by atomic mass is 32.2. The molecule has 0 saturated carbocycles. The Balaban J connectivity index is 1.38. The summed E-state index contributed by atoms with van der Waals surface area (Å²) in [5, 5.41) is 14.9. The van der Waals surface area contributed by atoms with E-state index >= 15 is 0 Å². The van der Waals surface area contributed by atoms with Gasteiger partial charge in [0.1, 0.15) is 5.76 Å². The summed E-state index contributed by atoms with van der Waals surface area (Å²) in [6, 6.07) is 11.8. The van der Waals surface area contributed by atoms with E-state index in [-0.39, 0.29) is 5.91 Å². The highest BCUT2D eigenvalue weighted by molar-refractivity contribution is 8.01. The molecule has 0 atom stereocenters. The molecule has 0 spiro atoms. The van der Waals surface area contributed by atoms with Crippen molar-refractivity contribution in [2.75, 3.05) is 30.1 Å². The van der Waals surface area contributed by atoms with E-state index in [4.69, 9.17) is 4.42 Å². The lowest BCUT2D eigenvalue weighted by Crippen LogP contribution is -2.24. The summed E-state index contributed by atoms with van der Waals surface area (Å²) < 4.78 is 6.01. The van der Waals surface area contributed by atoms with Crippen LogP contribution < -0.4 is 15.5 Å². The molecule has 1 amide bonds. The Morgan fingerprint density at radius 3 is 2.70 bits per heavy atom. The van der Waals surface area contributed by atoms with Crippen LogP contribution in [0.15, 0.2) is 51.4 Å². The second-order valence-electron chi connectivity index (χ2n) is 5.93. The quantitative estimate of drug-likeness (QED) is 0.531. The van der Waals surface area contributed by atoms with E-state index in [2.05, 4.69) is 20.8 Å². The maximum atomic E-state index is 12.0. The van der Waals surface area contributed by atoms with Crippen molar-refractivity contribution in [1.82, 2.24) is 15.5 Å². The molecule has 2 heterocycles. The van der Waals surface area contributed by atoms with E-state index in [0.29, 0.717) is 24.0 Å². The predicted molar refractivity (Wildman–Crippen MR) is 109 cm³/mol. The van der Waals surface area contributed by atoms with Gasteiger partial charge >= 0.3 is 0 Å². The maximum Gasteiger partial charge on any atom is 0.230 e. The largest absolute Gasteiger partial charge is 0.467 e. The van der Waals surface area contributed by atoms with Crippen molar-refractivity contribution in [3.8, 4) is 0 Å². The number of hydrogen-bond acceptors (Lipinski definition) is 8. The molecular formula is C18H21N5O2S2. The van der Waals surface area contributed by atoms with Crippen LogP contribution in [0.2, 0.25) is 0 Å². The zero-order valence-electron chi connectivity index (χ0n) is 15.1. The van der Waals surface area contributed by atoms with Crippen LogP contribution in [-0.4, -0.2) is 36.0 Å². The lowest BCUT2D eigenvalue weighted by Gasteiger charge is -2.12. The molecule has 0 radical (unpaired) electrons. The van der Waals surface area contributed by atoms with Gasteiger partial charge in [-0.2, -0.15) is 0 Å². The molecule has 0 aliphatic carbocycles. The van der Waals surface area contributed by atoms with Gasteiger partial charge in [-0.1, -0.05) is 35.2 Å². The molecule has 0 aliphatic heterocycles. The van der Waals surface area contributed by atoms with Gasteiger partial charge in [-0.15, -0.1) is 10.2 Å². The van der Waals surface area contributed by atoms with Gasteiger partial charge in [0.05, 0.1) is 18.6 Å². The fourth-order valence-corrected chi connectivity index (χ4v) is 3.78. The van der Waals surface area contributed by atoms with Crippen molar-refractivity contribution in [2.45, 2.75) is 17.4 Å². The van der Waals surface area contributed by atoms with Crippen molar-refractivity contribution in [1.29, 1.82) is 0 Å². The fourth-order valence-electron chi connectivity index (χ4n) is 2.21. The van der Waals surface area contributed by atoms with E-state index in [1.807, 2.05) is 55.4 Å². The van der Waals surface area contributed by atoms with Crippen molar-refractivity contribution in [2.24, 2.45) is 0 Å². The highest BCUT2D eigenvalue weighted by Gasteiger charge is 2.08. The molecule has 0 saturated heterocycles. The molecule has 7 nitrogen and oxygen atoms in total. The maximum absolute atomic E-state index is 12.0. The van der Waals surface area contributed by atoms with Crippen LogP contribution in [0, 0.1) is 0 Å². The van der Waals surface area contributed by atoms with E-state index in [0.717, 1.165) is 21.4 Å². The number of carbonyl (C=O) groups excluding carboxylic acids is 1. The van der Waals surface area contributed by atoms with Gasteiger partial charge in [-0.05, 0) is 29.8 Å². The molecule has 3 rings (SSSR count). The Morgan fingerprint density at radius 1 is 1.19 bits per heavy atom. The lowest BCUT2D eigenvalue weighted by atomic mass is 10.2. The number of rotatable bonds is 9. The third-order valence-electron chi connectivity index (χ3n) is 3.67. The third kappa shape index (κ3) is 6.00. The minimum absolute atomic E-state index is 0.0306. The minimum Gasteiger partial charge on any atom is -0.467 e. The molecule has 142 valence electrons. The minimum atomic E-state index is -0.0306. The molecule has 27 heavy (non-hydrogen) atoms. The Labute approximate surface area is 166 Å². The van der Waals surface area contributed by atoms with Crippen LogP contribution in [0.1, 0.15) is 11.3 Å². The number of benzene rings is 1. The topological polar surface area (TPSA) is 83.3 Å². The van der Waals surface area contributed by atoms with Gasteiger partial charge in [0.25, 0.3) is 0 Å². The van der Waals surface area contributed by atoms with Gasteiger partial charge in [0, 0.05) is 26.3 Å². The second-order valence-corrected chi connectivity index (χ2v) is 8.13. The fraction of sp³-hybridized carbons (Fsp3) is 0.278. The number of anilines is 2. The first-order valence-corrected chi connectivity index (χ1v) is 10.2. The Kier molecular flexibility index (Phi) is 6.72. The summed E-state index contributed by atoms with van der Waals surface area (Å²) in [5.74, 6) is 1.11. The predicted octanol–water partition coefficient (Wildman–Crippen LogP) is 3.22. The number of furan rings is 1. The third-order valence-corrected chi connectivity index (χ3v) is 5.68. The monoisotopic (exact) mass is 403 g/mol. The molecule has 0 aliphatic rings. The second kappa shape index (κ2) is 9.43. The van der Waals surface area contributed by atoms with Crippen molar-refractivity contribution in [3.05, 3.63) is 54.0 Å². The zero-order chi connectivity index (χ0) is 19.1. The number of amides is 1. The van der Waals surface area contributed by atoms with Crippen LogP contribution in [0.5, 0.6) is 0 Å². The molecule has 0 unspecified atom stereocenters. The van der Waals surface area contributed by atoms with Crippen LogP contribution in [0.25, 0.3) is 0 Å². The summed E-state index contributed by atoms with van der Waals surface area (Å²) in [4.78, 5) is 14.1. The lowest BCUT2D eigenvalue weighted by molar-refractivity contribution is -0.118. The molecular weight excluding hydrogens is 382 g/mol. The first-order valence-electron chi connectivity index (χ1n) is 8.35. The van der Waals surface area contributed by atoms with Gasteiger partial charge in [0.2, 0.25) is 11.0 Å². The molecule has 9 heteroatoms. The summed E-state index contributed by atoms with van der Waals surface area (Å²) in [6.07, 6.45) is 1.63. The van der Waals surface area contributed by atoms with Crippen molar-refractivity contribution in [3.63, 3.8) is 0 Å². The molecule has 3 aromatic rings. The summed E-state index contributed by atoms with van der Waals surface area (Å²) >= 11 is 2.80. The Hall–Kier alpha value is -2.52. The molecule has 2 aromatic heterocycles. The molecule has 2 N–H and O–H groups in total. The summed E-state index contributed by atoms with van der Waals surface area (Å²) in [7, 11) is 4.00. The highest BCUT2D eigenvalue weighted by Crippen LogP contribution is 2.25. The number of carbonyl (C=O) groups is 1. The molecule has 0 bridgehead atoms. The SMILES string of the molecule is CN(C)c1ccc(CNC(=O)CSc2nnc(NCc3ccco3)s2)cc1. The van der Waals surface area contributed by atoms with Crippen LogP contribution in [0.4, 0.5) is 10.8 Å². The average molecular weight is 404 g/mol. The number of aromatic nitrogens is 2. The van der Waals surface area contributed by atoms with Crippen LogP contribution >= 0.6 is 23.1 Å². The standard InChI is InChI=1S/C18H21N5O2S2/c1-23(2)14-7-5-13(6-8-14)10-19-16(24)12-26-18-22-21-17(27-18)20-11-15-4-3-9-25-15/h3-9H,10-12H2,1-2H3,(H,19,24)(H,20,21). The van der Waals surface area contributed by atoms with E-state index < -0.39 is 0 Å². The number of thioether (sulfide) groups is 1. The molecule has 0 fully saturated rings. The average Bonchev–Trinajstić information content (AvgIpc) is 3.35. The van der Waals surface area contributed by atoms with Gasteiger partial charge in [0.15, 0.2) is 4.34 Å². The zero-order valence-corrected chi connectivity index (χ0v) is 16.8. The summed E-state index contributed by atoms with van der Waals surface area (Å²) in [5.41, 5.74) is 2.20. The van der Waals surface area contributed by atoms with Crippen molar-refractivity contribution < 1.29 is 9.21 Å². The van der Waals surface area contributed by atoms with Crippen LogP contribution in [-0.2, 0) is 17.9 Å². The van der Waals surface area contributed by atoms with E-state index in [9.17, 15) is 4.79 Å². The van der Waals surface area contributed by atoms with Gasteiger partial charge in [-0.25, -0.2) is 0 Å². The van der Waals surface area contributed by atoms with Gasteiger partial charge < -0.3 is 20.0 Å². The van der Waals surface area contributed by atoms with Gasteiger partial charge in [-0.3, -0.25) is 4.79 Å². The Bertz CT molecular complexity index is 847. The number of nitrogens with one attached hydrogen (secondary N) is 2. The first kappa shape index (κ1) is 19.2. The number of nitrogens with zero attached hydrogens (tertiary/aromatic N) is 3. The normalized spacial score (nSPS) is 10.6. The smallest absolute Gasteiger partial charge is 0.230 e. The van der Waals surface area contributed by atoms with Crippen LogP contribution in [0.3, 0.4) is 0 Å². The number of hydrogen-bond donors (Lipinski definition) is 2. The molecule has 1 aromatic carbocycles.